The van der Waals surface area contributed by atoms with Crippen LogP contribution in [0.4, 0.5) is 0 Å². The van der Waals surface area contributed by atoms with E-state index in [0.29, 0.717) is 19.6 Å². The van der Waals surface area contributed by atoms with Crippen LogP contribution in [0.2, 0.25) is 0 Å². The van der Waals surface area contributed by atoms with Gasteiger partial charge >= 0.3 is 0 Å². The predicted octanol–water partition coefficient (Wildman–Crippen LogP) is 1.37. The first-order chi connectivity index (χ1) is 9.08. The molecule has 0 aromatic heterocycles. The van der Waals surface area contributed by atoms with Crippen LogP contribution in [-0.2, 0) is 16.1 Å². The molecule has 0 saturated heterocycles. The lowest BCUT2D eigenvalue weighted by Gasteiger charge is -2.16. The number of benzene rings is 1. The van der Waals surface area contributed by atoms with Crippen LogP contribution in [0.15, 0.2) is 18.2 Å². The molecule has 1 unspecified atom stereocenters. The summed E-state index contributed by atoms with van der Waals surface area (Å²) in [6.45, 7) is 3.12. The van der Waals surface area contributed by atoms with Gasteiger partial charge in [-0.05, 0) is 24.6 Å². The Morgan fingerprint density at radius 3 is 2.74 bits per heavy atom. The zero-order valence-corrected chi connectivity index (χ0v) is 11.7. The maximum Gasteiger partial charge on any atom is 0.218 e. The molecule has 0 bridgehead atoms. The third-order valence-electron chi connectivity index (χ3n) is 2.93. The van der Waals surface area contributed by atoms with Crippen molar-refractivity contribution in [3.05, 3.63) is 29.3 Å². The number of amides is 1. The van der Waals surface area contributed by atoms with Crippen LogP contribution in [0.25, 0.3) is 0 Å². The standard InChI is InChI=1S/C14H22N2O3/c1-10(16-7-6-14(15)17)11-4-5-13(19-3)12(8-11)9-18-2/h4-5,8,10,16H,6-7,9H2,1-3H3,(H2,15,17). The Morgan fingerprint density at radius 1 is 1.42 bits per heavy atom. The number of rotatable bonds is 8. The second-order valence-electron chi connectivity index (χ2n) is 4.40. The molecule has 0 aliphatic carbocycles. The molecule has 1 amide bonds. The summed E-state index contributed by atoms with van der Waals surface area (Å²) in [6.07, 6.45) is 0.339. The van der Waals surface area contributed by atoms with Crippen molar-refractivity contribution in [3.63, 3.8) is 0 Å². The fraction of sp³-hybridized carbons (Fsp3) is 0.500. The van der Waals surface area contributed by atoms with Gasteiger partial charge in [-0.25, -0.2) is 0 Å². The largest absolute Gasteiger partial charge is 0.496 e. The number of hydrogen-bond acceptors (Lipinski definition) is 4. The van der Waals surface area contributed by atoms with Crippen molar-refractivity contribution < 1.29 is 14.3 Å². The molecule has 5 nitrogen and oxygen atoms in total. The average Bonchev–Trinajstić information content (AvgIpc) is 2.38. The van der Waals surface area contributed by atoms with E-state index in [2.05, 4.69) is 5.32 Å². The van der Waals surface area contributed by atoms with Crippen molar-refractivity contribution >= 4 is 5.91 Å². The molecule has 0 saturated carbocycles. The first kappa shape index (κ1) is 15.5. The monoisotopic (exact) mass is 266 g/mol. The molecule has 0 heterocycles. The molecule has 19 heavy (non-hydrogen) atoms. The van der Waals surface area contributed by atoms with Gasteiger partial charge in [0.05, 0.1) is 13.7 Å². The van der Waals surface area contributed by atoms with Gasteiger partial charge in [0, 0.05) is 31.7 Å². The van der Waals surface area contributed by atoms with E-state index in [1.807, 2.05) is 25.1 Å². The Labute approximate surface area is 114 Å². The summed E-state index contributed by atoms with van der Waals surface area (Å²) in [5, 5.41) is 3.25. The van der Waals surface area contributed by atoms with Crippen LogP contribution in [-0.4, -0.2) is 26.7 Å². The molecule has 5 heteroatoms. The number of carbonyl (C=O) groups is 1. The van der Waals surface area contributed by atoms with Crippen LogP contribution in [0.5, 0.6) is 5.75 Å². The van der Waals surface area contributed by atoms with Gasteiger partial charge in [0.25, 0.3) is 0 Å². The lowest BCUT2D eigenvalue weighted by Crippen LogP contribution is -2.24. The molecule has 1 aromatic rings. The molecule has 0 radical (unpaired) electrons. The third kappa shape index (κ3) is 4.89. The van der Waals surface area contributed by atoms with Crippen LogP contribution in [0.1, 0.15) is 30.5 Å². The van der Waals surface area contributed by atoms with Crippen molar-refractivity contribution in [1.82, 2.24) is 5.32 Å². The van der Waals surface area contributed by atoms with E-state index in [9.17, 15) is 4.79 Å². The topological polar surface area (TPSA) is 73.6 Å². The quantitative estimate of drug-likeness (QED) is 0.745. The molecule has 106 valence electrons. The second-order valence-corrected chi connectivity index (χ2v) is 4.40. The molecule has 3 N–H and O–H groups in total. The van der Waals surface area contributed by atoms with Crippen molar-refractivity contribution in [2.45, 2.75) is 26.0 Å². The minimum Gasteiger partial charge on any atom is -0.496 e. The van der Waals surface area contributed by atoms with Crippen LogP contribution >= 0.6 is 0 Å². The van der Waals surface area contributed by atoms with Crippen molar-refractivity contribution in [1.29, 1.82) is 0 Å². The summed E-state index contributed by atoms with van der Waals surface area (Å²) in [4.78, 5) is 10.7. The van der Waals surface area contributed by atoms with E-state index in [4.69, 9.17) is 15.2 Å². The third-order valence-corrected chi connectivity index (χ3v) is 2.93. The summed E-state index contributed by atoms with van der Waals surface area (Å²) in [6, 6.07) is 6.11. The van der Waals surface area contributed by atoms with Crippen molar-refractivity contribution in [2.24, 2.45) is 5.73 Å². The highest BCUT2D eigenvalue weighted by atomic mass is 16.5. The zero-order valence-electron chi connectivity index (χ0n) is 11.7. The summed E-state index contributed by atoms with van der Waals surface area (Å²) >= 11 is 0. The summed E-state index contributed by atoms with van der Waals surface area (Å²) in [5.41, 5.74) is 7.24. The Kier molecular flexibility index (Phi) is 6.32. The van der Waals surface area contributed by atoms with Crippen LogP contribution < -0.4 is 15.8 Å². The lowest BCUT2D eigenvalue weighted by atomic mass is 10.0. The summed E-state index contributed by atoms with van der Waals surface area (Å²) < 4.78 is 10.4. The summed E-state index contributed by atoms with van der Waals surface area (Å²) in [5.74, 6) is 0.518. The maximum absolute atomic E-state index is 10.7. The Morgan fingerprint density at radius 2 is 2.16 bits per heavy atom. The van der Waals surface area contributed by atoms with E-state index in [1.54, 1.807) is 14.2 Å². The first-order valence-electron chi connectivity index (χ1n) is 6.26. The average molecular weight is 266 g/mol. The van der Waals surface area contributed by atoms with E-state index < -0.39 is 0 Å². The molecule has 0 aliphatic rings. The van der Waals surface area contributed by atoms with Gasteiger partial charge in [0.1, 0.15) is 5.75 Å². The van der Waals surface area contributed by atoms with Crippen LogP contribution in [0.3, 0.4) is 0 Å². The van der Waals surface area contributed by atoms with E-state index in [0.717, 1.165) is 16.9 Å². The van der Waals surface area contributed by atoms with Gasteiger partial charge in [0.2, 0.25) is 5.91 Å². The van der Waals surface area contributed by atoms with Gasteiger partial charge in [-0.2, -0.15) is 0 Å². The molecule has 0 aliphatic heterocycles. The van der Waals surface area contributed by atoms with Crippen molar-refractivity contribution in [3.8, 4) is 5.75 Å². The SMILES string of the molecule is COCc1cc(C(C)NCCC(N)=O)ccc1OC. The smallest absolute Gasteiger partial charge is 0.218 e. The predicted molar refractivity (Wildman–Crippen MR) is 73.9 cm³/mol. The number of methoxy groups -OCH3 is 2. The highest BCUT2D eigenvalue weighted by molar-refractivity contribution is 5.73. The normalized spacial score (nSPS) is 12.2. The molecule has 0 spiro atoms. The molecular weight excluding hydrogens is 244 g/mol. The lowest BCUT2D eigenvalue weighted by molar-refractivity contribution is -0.117. The second kappa shape index (κ2) is 7.76. The molecule has 1 atom stereocenters. The number of carbonyl (C=O) groups excluding carboxylic acids is 1. The van der Waals surface area contributed by atoms with E-state index in [1.165, 1.54) is 0 Å². The van der Waals surface area contributed by atoms with E-state index >= 15 is 0 Å². The highest BCUT2D eigenvalue weighted by Crippen LogP contribution is 2.23. The Balaban J connectivity index is 2.71. The van der Waals surface area contributed by atoms with Gasteiger partial charge < -0.3 is 20.5 Å². The number of ether oxygens (including phenoxy) is 2. The zero-order chi connectivity index (χ0) is 14.3. The minimum absolute atomic E-state index is 0.140. The molecule has 1 rings (SSSR count). The fourth-order valence-electron chi connectivity index (χ4n) is 1.87. The minimum atomic E-state index is -0.297. The number of nitrogens with two attached hydrogens (primary N) is 1. The first-order valence-corrected chi connectivity index (χ1v) is 6.26. The van der Waals surface area contributed by atoms with Gasteiger partial charge in [-0.15, -0.1) is 0 Å². The van der Waals surface area contributed by atoms with Gasteiger partial charge in [-0.3, -0.25) is 4.79 Å². The van der Waals surface area contributed by atoms with Gasteiger partial charge in [0.15, 0.2) is 0 Å². The van der Waals surface area contributed by atoms with Crippen LogP contribution in [0, 0.1) is 0 Å². The van der Waals surface area contributed by atoms with Gasteiger partial charge in [-0.1, -0.05) is 6.07 Å². The number of nitrogens with one attached hydrogen (secondary N) is 1. The van der Waals surface area contributed by atoms with Crippen molar-refractivity contribution in [2.75, 3.05) is 20.8 Å². The summed E-state index contributed by atoms with van der Waals surface area (Å²) in [7, 11) is 3.29. The number of hydrogen-bond donors (Lipinski definition) is 2. The molecule has 1 aromatic carbocycles. The van der Waals surface area contributed by atoms with E-state index in [-0.39, 0.29) is 11.9 Å². The molecular formula is C14H22N2O3. The highest BCUT2D eigenvalue weighted by Gasteiger charge is 2.09. The molecule has 0 fully saturated rings. The maximum atomic E-state index is 10.7. The Bertz CT molecular complexity index is 421. The fourth-order valence-corrected chi connectivity index (χ4v) is 1.87. The Hall–Kier alpha value is -1.59. The number of primary amides is 1.